The summed E-state index contributed by atoms with van der Waals surface area (Å²) in [5.41, 5.74) is 4.58. The van der Waals surface area contributed by atoms with Gasteiger partial charge >= 0.3 is 0 Å². The summed E-state index contributed by atoms with van der Waals surface area (Å²) in [5.74, 6) is 1.85. The molecule has 0 fully saturated rings. The van der Waals surface area contributed by atoms with Crippen molar-refractivity contribution in [1.29, 1.82) is 0 Å². The van der Waals surface area contributed by atoms with Gasteiger partial charge in [0.2, 0.25) is 6.79 Å². The van der Waals surface area contributed by atoms with Crippen molar-refractivity contribution in [3.63, 3.8) is 0 Å². The van der Waals surface area contributed by atoms with E-state index in [-0.39, 0.29) is 31.0 Å². The predicted octanol–water partition coefficient (Wildman–Crippen LogP) is 1.73. The highest BCUT2D eigenvalue weighted by atomic mass is 35.5. The van der Waals surface area contributed by atoms with Gasteiger partial charge in [0.05, 0.1) is 13.0 Å². The largest absolute Gasteiger partial charge is 1.00 e. The van der Waals surface area contributed by atoms with E-state index >= 15 is 0 Å². The van der Waals surface area contributed by atoms with E-state index < -0.39 is 6.10 Å². The molecule has 1 heterocycles. The van der Waals surface area contributed by atoms with Crippen LogP contribution in [0.15, 0.2) is 72.8 Å². The number of aliphatic hydroxyl groups excluding tert-OH is 1. The fraction of sp³-hybridized carbons (Fsp3) is 0.300. The van der Waals surface area contributed by atoms with Gasteiger partial charge in [-0.2, -0.15) is 0 Å². The minimum atomic E-state index is -0.588. The molecule has 2 atom stereocenters. The maximum absolute atomic E-state index is 13.4. The van der Waals surface area contributed by atoms with Crippen LogP contribution in [0.1, 0.15) is 61.5 Å². The lowest BCUT2D eigenvalue weighted by molar-refractivity contribution is -0.693. The second-order valence-corrected chi connectivity index (χ2v) is 9.36. The minimum Gasteiger partial charge on any atom is -1.00 e. The molecule has 2 unspecified atom stereocenters. The number of hydrogen-bond acceptors (Lipinski definition) is 4. The second kappa shape index (κ2) is 12.7. The number of benzene rings is 3. The molecule has 190 valence electrons. The first-order valence-corrected chi connectivity index (χ1v) is 12.2. The number of aliphatic hydroxyl groups is 1. The van der Waals surface area contributed by atoms with Crippen molar-refractivity contribution in [2.75, 3.05) is 13.3 Å². The van der Waals surface area contributed by atoms with Gasteiger partial charge in [-0.3, -0.25) is 4.79 Å². The summed E-state index contributed by atoms with van der Waals surface area (Å²) in [6.45, 7) is 7.08. The van der Waals surface area contributed by atoms with Crippen molar-refractivity contribution < 1.29 is 37.1 Å². The summed E-state index contributed by atoms with van der Waals surface area (Å²) in [7, 11) is 0. The zero-order valence-corrected chi connectivity index (χ0v) is 21.7. The van der Waals surface area contributed by atoms with E-state index in [0.717, 1.165) is 16.7 Å². The molecule has 0 bridgehead atoms. The molecule has 1 aliphatic rings. The van der Waals surface area contributed by atoms with Gasteiger partial charge in [-0.15, -0.1) is 0 Å². The topological polar surface area (TPSA) is 72.4 Å². The number of ketones is 1. The van der Waals surface area contributed by atoms with Gasteiger partial charge in [-0.1, -0.05) is 74.5 Å². The second-order valence-electron chi connectivity index (χ2n) is 9.36. The van der Waals surface area contributed by atoms with Gasteiger partial charge in [-0.05, 0) is 53.3 Å². The fourth-order valence-electron chi connectivity index (χ4n) is 4.23. The van der Waals surface area contributed by atoms with Gasteiger partial charge in [0.15, 0.2) is 17.3 Å². The lowest BCUT2D eigenvalue weighted by Crippen LogP contribution is -3.00. The number of nitrogens with two attached hydrogens (primary N) is 1. The number of ether oxygens (including phenoxy) is 2. The van der Waals surface area contributed by atoms with Crippen molar-refractivity contribution in [1.82, 2.24) is 0 Å². The van der Waals surface area contributed by atoms with E-state index in [1.807, 2.05) is 66.8 Å². The number of carbonyl (C=O) groups is 1. The molecule has 36 heavy (non-hydrogen) atoms. The number of fused-ring (bicyclic) bond motifs is 1. The Balaban J connectivity index is 0.00000361. The summed E-state index contributed by atoms with van der Waals surface area (Å²) in [6, 6.07) is 23.5. The third kappa shape index (κ3) is 6.76. The highest BCUT2D eigenvalue weighted by Crippen LogP contribution is 2.35. The van der Waals surface area contributed by atoms with Crippen LogP contribution in [0.3, 0.4) is 0 Å². The number of hydrogen-bond donors (Lipinski definition) is 2. The summed E-state index contributed by atoms with van der Waals surface area (Å²) < 4.78 is 11.0. The van der Waals surface area contributed by atoms with E-state index in [2.05, 4.69) is 38.1 Å². The molecule has 5 nitrogen and oxygen atoms in total. The SMILES string of the molecule is CC(C)c1ccc(/C=C(/C(=O)CC[NH2+]C(C)C(O)c2ccccc2)c2ccc3c(c2)OCO3)cc1.[Cl-]. The van der Waals surface area contributed by atoms with Crippen molar-refractivity contribution in [3.8, 4) is 11.5 Å². The average molecular weight is 508 g/mol. The van der Waals surface area contributed by atoms with Crippen LogP contribution in [0, 0.1) is 0 Å². The summed E-state index contributed by atoms with van der Waals surface area (Å²) >= 11 is 0. The van der Waals surface area contributed by atoms with E-state index in [9.17, 15) is 9.90 Å². The number of quaternary nitrogens is 1. The molecular weight excluding hydrogens is 474 g/mol. The molecule has 3 N–H and O–H groups in total. The van der Waals surface area contributed by atoms with E-state index in [0.29, 0.717) is 36.0 Å². The fourth-order valence-corrected chi connectivity index (χ4v) is 4.23. The Hall–Kier alpha value is -3.12. The average Bonchev–Trinajstić information content (AvgIpc) is 3.35. The zero-order chi connectivity index (χ0) is 24.8. The van der Waals surface area contributed by atoms with Crippen LogP contribution in [-0.4, -0.2) is 30.3 Å². The maximum Gasteiger partial charge on any atom is 0.231 e. The molecule has 6 heteroatoms. The Morgan fingerprint density at radius 3 is 2.33 bits per heavy atom. The highest BCUT2D eigenvalue weighted by Gasteiger charge is 2.21. The Bertz CT molecular complexity index is 1180. The molecule has 1 aliphatic heterocycles. The molecule has 0 amide bonds. The standard InChI is InChI=1S/C30H33NO4.ClH/c1-20(2)23-11-9-22(10-12-23)17-26(25-13-14-28-29(18-25)35-19-34-28)27(32)15-16-31-21(3)30(33)24-7-5-4-6-8-24;/h4-14,17-18,20-21,30-31,33H,15-16,19H2,1-3H3;1H/b26-17+;. The first kappa shape index (κ1) is 27.5. The lowest BCUT2D eigenvalue weighted by Gasteiger charge is -2.18. The van der Waals surface area contributed by atoms with Crippen LogP contribution in [-0.2, 0) is 4.79 Å². The third-order valence-electron chi connectivity index (χ3n) is 6.45. The van der Waals surface area contributed by atoms with Gasteiger partial charge in [-0.25, -0.2) is 0 Å². The molecule has 4 rings (SSSR count). The number of halogens is 1. The summed E-state index contributed by atoms with van der Waals surface area (Å²) in [6.07, 6.45) is 1.72. The molecule has 0 saturated heterocycles. The zero-order valence-electron chi connectivity index (χ0n) is 21.0. The first-order chi connectivity index (χ1) is 16.9. The van der Waals surface area contributed by atoms with Gasteiger partial charge in [0.25, 0.3) is 0 Å². The Morgan fingerprint density at radius 1 is 0.944 bits per heavy atom. The van der Waals surface area contributed by atoms with Gasteiger partial charge in [0.1, 0.15) is 12.1 Å². The summed E-state index contributed by atoms with van der Waals surface area (Å²) in [5, 5.41) is 12.7. The van der Waals surface area contributed by atoms with Crippen LogP contribution >= 0.6 is 0 Å². The van der Waals surface area contributed by atoms with Gasteiger partial charge < -0.3 is 32.3 Å². The number of rotatable bonds is 10. The van der Waals surface area contributed by atoms with Gasteiger partial charge in [0, 0.05) is 5.57 Å². The van der Waals surface area contributed by atoms with Crippen LogP contribution in [0.25, 0.3) is 11.6 Å². The Labute approximate surface area is 219 Å². The van der Waals surface area contributed by atoms with Crippen molar-refractivity contribution in [2.45, 2.75) is 45.3 Å². The predicted molar refractivity (Wildman–Crippen MR) is 138 cm³/mol. The monoisotopic (exact) mass is 507 g/mol. The molecule has 0 radical (unpaired) electrons. The smallest absolute Gasteiger partial charge is 0.231 e. The lowest BCUT2D eigenvalue weighted by atomic mass is 9.95. The van der Waals surface area contributed by atoms with Crippen LogP contribution in [0.5, 0.6) is 11.5 Å². The quantitative estimate of drug-likeness (QED) is 0.324. The molecular formula is C30H34ClNO4. The normalized spacial score (nSPS) is 14.3. The highest BCUT2D eigenvalue weighted by molar-refractivity contribution is 6.25. The Kier molecular flexibility index (Phi) is 9.71. The van der Waals surface area contributed by atoms with E-state index in [1.54, 1.807) is 0 Å². The number of carbonyl (C=O) groups excluding carboxylic acids is 1. The molecule has 0 aliphatic carbocycles. The molecule has 3 aromatic rings. The summed E-state index contributed by atoms with van der Waals surface area (Å²) in [4.78, 5) is 13.4. The minimum absolute atomic E-state index is 0. The van der Waals surface area contributed by atoms with E-state index in [4.69, 9.17) is 9.47 Å². The molecule has 0 saturated carbocycles. The molecule has 0 aromatic heterocycles. The maximum atomic E-state index is 13.4. The number of Topliss-reactive ketones (excluding diaryl/α,β-unsaturated/α-hetero) is 1. The van der Waals surface area contributed by atoms with Crippen LogP contribution in [0.4, 0.5) is 0 Å². The molecule has 3 aromatic carbocycles. The van der Waals surface area contributed by atoms with Crippen molar-refractivity contribution in [2.24, 2.45) is 0 Å². The van der Waals surface area contributed by atoms with Crippen LogP contribution in [0.2, 0.25) is 0 Å². The first-order valence-electron chi connectivity index (χ1n) is 12.2. The van der Waals surface area contributed by atoms with E-state index in [1.165, 1.54) is 5.56 Å². The third-order valence-corrected chi connectivity index (χ3v) is 6.45. The Morgan fingerprint density at radius 2 is 1.64 bits per heavy atom. The van der Waals surface area contributed by atoms with Crippen LogP contribution < -0.4 is 27.2 Å². The number of allylic oxidation sites excluding steroid dienone is 1. The molecule has 0 spiro atoms. The van der Waals surface area contributed by atoms with Crippen molar-refractivity contribution in [3.05, 3.63) is 95.1 Å². The van der Waals surface area contributed by atoms with Crippen molar-refractivity contribution >= 4 is 17.4 Å².